The highest BCUT2D eigenvalue weighted by molar-refractivity contribution is 7.18. The molecule has 4 rings (SSSR count). The first-order valence-corrected chi connectivity index (χ1v) is 9.08. The van der Waals surface area contributed by atoms with E-state index in [1.54, 1.807) is 11.3 Å². The lowest BCUT2D eigenvalue weighted by Crippen LogP contribution is -2.30. The number of fused-ring (bicyclic) bond motifs is 1. The Balaban J connectivity index is 1.38. The number of carbonyl (C=O) groups is 1. The molecule has 5 nitrogen and oxygen atoms in total. The lowest BCUT2D eigenvalue weighted by molar-refractivity contribution is -0.122. The minimum atomic E-state index is 0.232. The molecule has 2 saturated carbocycles. The first kappa shape index (κ1) is 14.9. The van der Waals surface area contributed by atoms with Crippen molar-refractivity contribution in [3.8, 4) is 0 Å². The number of hydrogen-bond acceptors (Lipinski definition) is 5. The maximum Gasteiger partial charge on any atom is 0.223 e. The Morgan fingerprint density at radius 3 is 2.74 bits per heavy atom. The number of carbonyl (C=O) groups excluding carboxylic acids is 1. The molecule has 1 spiro atoms. The molecule has 2 fully saturated rings. The molecule has 2 heterocycles. The molecule has 2 aliphatic rings. The van der Waals surface area contributed by atoms with Gasteiger partial charge >= 0.3 is 0 Å². The van der Waals surface area contributed by atoms with Crippen LogP contribution in [0.5, 0.6) is 0 Å². The highest BCUT2D eigenvalue weighted by Gasteiger charge is 2.65. The predicted octanol–water partition coefficient (Wildman–Crippen LogP) is 2.94. The van der Waals surface area contributed by atoms with Crippen LogP contribution in [0, 0.1) is 32.1 Å². The monoisotopic (exact) mass is 330 g/mol. The smallest absolute Gasteiger partial charge is 0.223 e. The molecule has 2 aromatic rings. The third-order valence-corrected chi connectivity index (χ3v) is 6.36. The van der Waals surface area contributed by atoms with E-state index in [9.17, 15) is 4.79 Å². The maximum absolute atomic E-state index is 12.0. The van der Waals surface area contributed by atoms with Gasteiger partial charge in [-0.3, -0.25) is 4.79 Å². The van der Waals surface area contributed by atoms with E-state index < -0.39 is 0 Å². The summed E-state index contributed by atoms with van der Waals surface area (Å²) in [4.78, 5) is 23.4. The molecule has 0 unspecified atom stereocenters. The number of aromatic nitrogens is 2. The van der Waals surface area contributed by atoms with Crippen LogP contribution in [0.3, 0.4) is 0 Å². The van der Waals surface area contributed by atoms with Crippen molar-refractivity contribution in [2.24, 2.45) is 11.3 Å². The Labute approximate surface area is 139 Å². The molecule has 0 saturated heterocycles. The molecular formula is C17H22N4OS. The lowest BCUT2D eigenvalue weighted by atomic mass is 10.2. The van der Waals surface area contributed by atoms with Gasteiger partial charge in [-0.15, -0.1) is 11.3 Å². The normalized spacial score (nSPS) is 20.7. The minimum absolute atomic E-state index is 0.232. The number of amides is 1. The van der Waals surface area contributed by atoms with Crippen molar-refractivity contribution in [3.63, 3.8) is 0 Å². The fourth-order valence-corrected chi connectivity index (χ4v) is 4.48. The molecule has 6 heteroatoms. The summed E-state index contributed by atoms with van der Waals surface area (Å²) in [7, 11) is 0. The average Bonchev–Trinajstić information content (AvgIpc) is 3.41. The van der Waals surface area contributed by atoms with E-state index in [-0.39, 0.29) is 11.8 Å². The second kappa shape index (κ2) is 5.16. The number of anilines is 1. The van der Waals surface area contributed by atoms with Gasteiger partial charge in [-0.1, -0.05) is 0 Å². The average molecular weight is 330 g/mol. The van der Waals surface area contributed by atoms with Crippen LogP contribution in [0.25, 0.3) is 10.2 Å². The van der Waals surface area contributed by atoms with Crippen LogP contribution in [0.2, 0.25) is 0 Å². The summed E-state index contributed by atoms with van der Waals surface area (Å²) in [6, 6.07) is 0. The van der Waals surface area contributed by atoms with E-state index in [0.29, 0.717) is 18.5 Å². The Bertz CT molecular complexity index is 793. The zero-order valence-electron chi connectivity index (χ0n) is 13.8. The van der Waals surface area contributed by atoms with E-state index in [1.807, 2.05) is 6.92 Å². The highest BCUT2D eigenvalue weighted by atomic mass is 32.1. The summed E-state index contributed by atoms with van der Waals surface area (Å²) in [5.74, 6) is 2.18. The van der Waals surface area contributed by atoms with Gasteiger partial charge in [0, 0.05) is 23.9 Å². The second-order valence-electron chi connectivity index (χ2n) is 6.92. The van der Waals surface area contributed by atoms with Crippen LogP contribution in [-0.4, -0.2) is 29.0 Å². The first-order valence-electron chi connectivity index (χ1n) is 8.26. The van der Waals surface area contributed by atoms with Crippen molar-refractivity contribution in [2.45, 2.75) is 40.0 Å². The van der Waals surface area contributed by atoms with Gasteiger partial charge in [0.2, 0.25) is 5.91 Å². The Morgan fingerprint density at radius 2 is 2.04 bits per heavy atom. The first-order chi connectivity index (χ1) is 11.0. The Hall–Kier alpha value is -1.69. The molecular weight excluding hydrogens is 308 g/mol. The van der Waals surface area contributed by atoms with Crippen molar-refractivity contribution in [2.75, 3.05) is 18.4 Å². The molecule has 2 N–H and O–H groups in total. The van der Waals surface area contributed by atoms with Crippen LogP contribution < -0.4 is 10.6 Å². The number of hydrogen-bond donors (Lipinski definition) is 2. The Morgan fingerprint density at radius 1 is 1.26 bits per heavy atom. The number of nitrogens with zero attached hydrogens (tertiary/aromatic N) is 2. The van der Waals surface area contributed by atoms with Gasteiger partial charge in [-0.25, -0.2) is 9.97 Å². The lowest BCUT2D eigenvalue weighted by Gasteiger charge is -2.09. The maximum atomic E-state index is 12.0. The summed E-state index contributed by atoms with van der Waals surface area (Å²) in [5, 5.41) is 7.54. The van der Waals surface area contributed by atoms with Crippen molar-refractivity contribution in [1.82, 2.24) is 15.3 Å². The number of thiophene rings is 1. The fourth-order valence-electron chi connectivity index (χ4n) is 3.41. The number of aryl methyl sites for hydroxylation is 3. The van der Waals surface area contributed by atoms with Crippen molar-refractivity contribution >= 4 is 33.3 Å². The van der Waals surface area contributed by atoms with Gasteiger partial charge < -0.3 is 10.6 Å². The zero-order valence-corrected chi connectivity index (χ0v) is 14.6. The summed E-state index contributed by atoms with van der Waals surface area (Å²) in [5.41, 5.74) is 1.67. The van der Waals surface area contributed by atoms with Crippen LogP contribution in [0.1, 0.15) is 35.5 Å². The van der Waals surface area contributed by atoms with Crippen LogP contribution >= 0.6 is 11.3 Å². The highest BCUT2D eigenvalue weighted by Crippen LogP contribution is 2.70. The van der Waals surface area contributed by atoms with Crippen LogP contribution in [0.4, 0.5) is 5.82 Å². The summed E-state index contributed by atoms with van der Waals surface area (Å²) < 4.78 is 0. The molecule has 0 aliphatic heterocycles. The number of rotatable bonds is 5. The van der Waals surface area contributed by atoms with Crippen LogP contribution in [-0.2, 0) is 4.79 Å². The largest absolute Gasteiger partial charge is 0.368 e. The number of nitrogens with one attached hydrogen (secondary N) is 2. The predicted molar refractivity (Wildman–Crippen MR) is 92.9 cm³/mol. The van der Waals surface area contributed by atoms with E-state index >= 15 is 0 Å². The summed E-state index contributed by atoms with van der Waals surface area (Å²) in [6.45, 7) is 7.47. The third-order valence-electron chi connectivity index (χ3n) is 5.26. The molecule has 122 valence electrons. The third kappa shape index (κ3) is 2.59. The van der Waals surface area contributed by atoms with Gasteiger partial charge in [0.05, 0.1) is 5.39 Å². The topological polar surface area (TPSA) is 66.9 Å². The summed E-state index contributed by atoms with van der Waals surface area (Å²) in [6.07, 6.45) is 3.60. The zero-order chi connectivity index (χ0) is 16.2. The second-order valence-corrected chi connectivity index (χ2v) is 8.12. The van der Waals surface area contributed by atoms with Gasteiger partial charge in [-0.2, -0.15) is 0 Å². The molecule has 0 aromatic carbocycles. The standard InChI is InChI=1S/C17H22N4OS/c1-9-10(2)23-16-13(9)14(20-11(3)21-16)18-6-7-19-15(22)12-8-17(12)4-5-17/h12H,4-8H2,1-3H3,(H,19,22)(H,18,20,21)/t12-/m0/s1. The van der Waals surface area contributed by atoms with E-state index in [1.165, 1.54) is 23.3 Å². The molecule has 23 heavy (non-hydrogen) atoms. The quantitative estimate of drug-likeness (QED) is 0.827. The molecule has 0 radical (unpaired) electrons. The van der Waals surface area contributed by atoms with Gasteiger partial charge in [0.25, 0.3) is 0 Å². The van der Waals surface area contributed by atoms with E-state index in [0.717, 1.165) is 28.3 Å². The van der Waals surface area contributed by atoms with Crippen molar-refractivity contribution < 1.29 is 4.79 Å². The molecule has 1 atom stereocenters. The Kier molecular flexibility index (Phi) is 3.34. The van der Waals surface area contributed by atoms with Gasteiger partial charge in [-0.05, 0) is 51.0 Å². The van der Waals surface area contributed by atoms with Crippen molar-refractivity contribution in [1.29, 1.82) is 0 Å². The molecule has 0 bridgehead atoms. The minimum Gasteiger partial charge on any atom is -0.368 e. The molecule has 2 aliphatic carbocycles. The SMILES string of the molecule is Cc1nc(NCCNC(=O)[C@@H]2CC23CC3)c2c(C)c(C)sc2n1. The van der Waals surface area contributed by atoms with Crippen molar-refractivity contribution in [3.05, 3.63) is 16.3 Å². The fraction of sp³-hybridized carbons (Fsp3) is 0.588. The summed E-state index contributed by atoms with van der Waals surface area (Å²) >= 11 is 1.71. The van der Waals surface area contributed by atoms with Gasteiger partial charge in [0.15, 0.2) is 0 Å². The van der Waals surface area contributed by atoms with E-state index in [4.69, 9.17) is 0 Å². The molecule has 2 aromatic heterocycles. The van der Waals surface area contributed by atoms with Gasteiger partial charge in [0.1, 0.15) is 16.5 Å². The molecule has 1 amide bonds. The van der Waals surface area contributed by atoms with Crippen LogP contribution in [0.15, 0.2) is 0 Å². The van der Waals surface area contributed by atoms with E-state index in [2.05, 4.69) is 34.4 Å².